The monoisotopic (exact) mass is 493 g/mol. The van der Waals surface area contributed by atoms with Crippen LogP contribution in [0.15, 0.2) is 101 Å². The Morgan fingerprint density at radius 2 is 1.69 bits per heavy atom. The third-order valence-corrected chi connectivity index (χ3v) is 5.82. The molecule has 1 amide bonds. The molecule has 7 heteroatoms. The first-order chi connectivity index (χ1) is 17.5. The minimum Gasteiger partial charge on any atom is -0.489 e. The summed E-state index contributed by atoms with van der Waals surface area (Å²) in [7, 11) is 0. The first kappa shape index (κ1) is 23.3. The lowest BCUT2D eigenvalue weighted by Gasteiger charge is -2.13. The normalized spacial score (nSPS) is 10.7. The Labute approximate surface area is 213 Å². The number of rotatable bonds is 6. The quantitative estimate of drug-likeness (QED) is 0.263. The molecule has 1 aromatic heterocycles. The van der Waals surface area contributed by atoms with Gasteiger partial charge in [-0.3, -0.25) is 10.1 Å². The lowest BCUT2D eigenvalue weighted by molar-refractivity contribution is 0.0977. The molecule has 0 aliphatic carbocycles. The van der Waals surface area contributed by atoms with E-state index in [9.17, 15) is 4.79 Å². The fraction of sp³-hybridized carbons (Fsp3) is 0.0690. The van der Waals surface area contributed by atoms with Gasteiger partial charge < -0.3 is 14.5 Å². The van der Waals surface area contributed by atoms with Gasteiger partial charge in [-0.1, -0.05) is 48.5 Å². The van der Waals surface area contributed by atoms with Crippen molar-refractivity contribution in [3.8, 4) is 17.2 Å². The number of hydrogen-bond donors (Lipinski definition) is 2. The summed E-state index contributed by atoms with van der Waals surface area (Å²) < 4.78 is 11.7. The predicted molar refractivity (Wildman–Crippen MR) is 145 cm³/mol. The summed E-state index contributed by atoms with van der Waals surface area (Å²) in [6, 6.07) is 30.2. The molecule has 0 unspecified atom stereocenters. The number of nitrogens with zero attached hydrogens (tertiary/aromatic N) is 1. The first-order valence-electron chi connectivity index (χ1n) is 11.4. The molecular formula is C29H23N3O3S. The van der Waals surface area contributed by atoms with Crippen molar-refractivity contribution in [3.05, 3.63) is 114 Å². The van der Waals surface area contributed by atoms with E-state index >= 15 is 0 Å². The van der Waals surface area contributed by atoms with E-state index in [1.165, 1.54) is 0 Å². The van der Waals surface area contributed by atoms with Crippen molar-refractivity contribution in [2.24, 2.45) is 0 Å². The molecule has 0 aliphatic heterocycles. The summed E-state index contributed by atoms with van der Waals surface area (Å²) >= 11 is 5.40. The second-order valence-corrected chi connectivity index (χ2v) is 8.63. The van der Waals surface area contributed by atoms with E-state index in [-0.39, 0.29) is 11.0 Å². The van der Waals surface area contributed by atoms with Gasteiger partial charge in [0.2, 0.25) is 5.89 Å². The molecule has 4 aromatic carbocycles. The SMILES string of the molecule is Cc1ccc(-c2nc3ccccc3o2)cc1NC(=S)NC(=O)c1ccc(OCc2ccccc2)cc1. The maximum absolute atomic E-state index is 12.7. The highest BCUT2D eigenvalue weighted by Crippen LogP contribution is 2.28. The molecule has 36 heavy (non-hydrogen) atoms. The van der Waals surface area contributed by atoms with Crippen LogP contribution in [0.1, 0.15) is 21.5 Å². The van der Waals surface area contributed by atoms with Gasteiger partial charge >= 0.3 is 0 Å². The fourth-order valence-corrected chi connectivity index (χ4v) is 3.86. The van der Waals surface area contributed by atoms with Gasteiger partial charge in [-0.2, -0.15) is 0 Å². The van der Waals surface area contributed by atoms with Crippen molar-refractivity contribution in [1.29, 1.82) is 0 Å². The summed E-state index contributed by atoms with van der Waals surface area (Å²) in [5.74, 6) is 0.890. The number of anilines is 1. The number of ether oxygens (including phenoxy) is 1. The molecule has 0 fully saturated rings. The highest BCUT2D eigenvalue weighted by atomic mass is 32.1. The van der Waals surface area contributed by atoms with Crippen LogP contribution in [0.5, 0.6) is 5.75 Å². The van der Waals surface area contributed by atoms with Crippen LogP contribution in [0.4, 0.5) is 5.69 Å². The molecule has 0 radical (unpaired) electrons. The number of carbonyl (C=O) groups is 1. The predicted octanol–water partition coefficient (Wildman–Crippen LogP) is 6.51. The van der Waals surface area contributed by atoms with Gasteiger partial charge in [0, 0.05) is 16.8 Å². The molecular weight excluding hydrogens is 470 g/mol. The summed E-state index contributed by atoms with van der Waals surface area (Å²) in [6.07, 6.45) is 0. The van der Waals surface area contributed by atoms with E-state index in [4.69, 9.17) is 21.4 Å². The van der Waals surface area contributed by atoms with Crippen molar-refractivity contribution in [1.82, 2.24) is 10.3 Å². The zero-order chi connectivity index (χ0) is 24.9. The van der Waals surface area contributed by atoms with Crippen LogP contribution in [-0.2, 0) is 6.61 Å². The molecule has 6 nitrogen and oxygen atoms in total. The van der Waals surface area contributed by atoms with Crippen molar-refractivity contribution < 1.29 is 13.9 Å². The molecule has 0 saturated heterocycles. The zero-order valence-electron chi connectivity index (χ0n) is 19.5. The number of para-hydroxylation sites is 2. The number of thiocarbonyl (C=S) groups is 1. The molecule has 5 rings (SSSR count). The summed E-state index contributed by atoms with van der Waals surface area (Å²) in [6.45, 7) is 2.42. The standard InChI is InChI=1S/C29H23N3O3S/c1-19-11-12-22(28-30-24-9-5-6-10-26(24)35-28)17-25(19)31-29(36)32-27(33)21-13-15-23(16-14-21)34-18-20-7-3-2-4-8-20/h2-17H,18H2,1H3,(H2,31,32,33,36). The molecule has 1 heterocycles. The van der Waals surface area contributed by atoms with E-state index in [1.807, 2.05) is 79.7 Å². The molecule has 2 N–H and O–H groups in total. The number of amides is 1. The molecule has 0 saturated carbocycles. The van der Waals surface area contributed by atoms with E-state index < -0.39 is 0 Å². The number of hydrogen-bond acceptors (Lipinski definition) is 5. The molecule has 5 aromatic rings. The van der Waals surface area contributed by atoms with Gasteiger partial charge in [0.05, 0.1) is 0 Å². The lowest BCUT2D eigenvalue weighted by Crippen LogP contribution is -2.34. The number of fused-ring (bicyclic) bond motifs is 1. The fourth-order valence-electron chi connectivity index (χ4n) is 3.66. The van der Waals surface area contributed by atoms with Crippen LogP contribution < -0.4 is 15.4 Å². The Balaban J connectivity index is 1.21. The summed E-state index contributed by atoms with van der Waals surface area (Å²) in [4.78, 5) is 17.3. The lowest BCUT2D eigenvalue weighted by atomic mass is 10.1. The number of benzene rings is 4. The molecule has 0 bridgehead atoms. The third-order valence-electron chi connectivity index (χ3n) is 5.62. The second kappa shape index (κ2) is 10.4. The van der Waals surface area contributed by atoms with Crippen molar-refractivity contribution in [3.63, 3.8) is 0 Å². The molecule has 0 aliphatic rings. The zero-order valence-corrected chi connectivity index (χ0v) is 20.3. The van der Waals surface area contributed by atoms with Crippen molar-refractivity contribution in [2.45, 2.75) is 13.5 Å². The van der Waals surface area contributed by atoms with E-state index in [0.29, 0.717) is 23.8 Å². The van der Waals surface area contributed by atoms with Crippen molar-refractivity contribution >= 4 is 40.0 Å². The minimum atomic E-state index is -0.310. The van der Waals surface area contributed by atoms with Gasteiger partial charge in [-0.15, -0.1) is 0 Å². The van der Waals surface area contributed by atoms with Crippen LogP contribution in [0.2, 0.25) is 0 Å². The Morgan fingerprint density at radius 1 is 0.944 bits per heavy atom. The number of nitrogens with one attached hydrogen (secondary N) is 2. The maximum atomic E-state index is 12.7. The average Bonchev–Trinajstić information content (AvgIpc) is 3.34. The average molecular weight is 494 g/mol. The maximum Gasteiger partial charge on any atom is 0.257 e. The van der Waals surface area contributed by atoms with Crippen LogP contribution in [-0.4, -0.2) is 16.0 Å². The number of carbonyl (C=O) groups excluding carboxylic acids is 1. The Kier molecular flexibility index (Phi) is 6.73. The number of aryl methyl sites for hydroxylation is 1. The summed E-state index contributed by atoms with van der Waals surface area (Å²) in [5, 5.41) is 6.04. The third kappa shape index (κ3) is 5.42. The van der Waals surface area contributed by atoms with E-state index in [1.54, 1.807) is 24.3 Å². The topological polar surface area (TPSA) is 76.4 Å². The molecule has 178 valence electrons. The van der Waals surface area contributed by atoms with Gasteiger partial charge in [0.1, 0.15) is 17.9 Å². The summed E-state index contributed by atoms with van der Waals surface area (Å²) in [5.41, 5.74) is 5.59. The Bertz CT molecular complexity index is 1500. The number of oxazole rings is 1. The van der Waals surface area contributed by atoms with Gasteiger partial charge in [0.25, 0.3) is 5.91 Å². The minimum absolute atomic E-state index is 0.196. The Morgan fingerprint density at radius 3 is 2.47 bits per heavy atom. The van der Waals surface area contributed by atoms with Crippen molar-refractivity contribution in [2.75, 3.05) is 5.32 Å². The highest BCUT2D eigenvalue weighted by molar-refractivity contribution is 7.80. The van der Waals surface area contributed by atoms with Gasteiger partial charge in [-0.25, -0.2) is 4.98 Å². The second-order valence-electron chi connectivity index (χ2n) is 8.22. The number of aromatic nitrogens is 1. The van der Waals surface area contributed by atoms with Gasteiger partial charge in [-0.05, 0) is 78.8 Å². The smallest absolute Gasteiger partial charge is 0.257 e. The van der Waals surface area contributed by atoms with E-state index in [0.717, 1.165) is 33.5 Å². The first-order valence-corrected chi connectivity index (χ1v) is 11.8. The molecule has 0 atom stereocenters. The Hall–Kier alpha value is -4.49. The molecule has 0 spiro atoms. The van der Waals surface area contributed by atoms with Gasteiger partial charge in [0.15, 0.2) is 10.7 Å². The van der Waals surface area contributed by atoms with Crippen LogP contribution in [0, 0.1) is 6.92 Å². The van der Waals surface area contributed by atoms with E-state index in [2.05, 4.69) is 15.6 Å². The van der Waals surface area contributed by atoms with Crippen LogP contribution >= 0.6 is 12.2 Å². The highest BCUT2D eigenvalue weighted by Gasteiger charge is 2.12. The van der Waals surface area contributed by atoms with Crippen LogP contribution in [0.25, 0.3) is 22.6 Å². The van der Waals surface area contributed by atoms with Crippen LogP contribution in [0.3, 0.4) is 0 Å². The largest absolute Gasteiger partial charge is 0.489 e.